The highest BCUT2D eigenvalue weighted by molar-refractivity contribution is 6.70. The quantitative estimate of drug-likeness (QED) is 0.703. The summed E-state index contributed by atoms with van der Waals surface area (Å²) in [7, 11) is 0. The highest BCUT2D eigenvalue weighted by Crippen LogP contribution is 2.11. The third-order valence-corrected chi connectivity index (χ3v) is 1.82. The van der Waals surface area contributed by atoms with Crippen LogP contribution in [0, 0.1) is 0 Å². The highest BCUT2D eigenvalue weighted by atomic mass is 16.2. The fraction of sp³-hybridized carbons (Fsp3) is 0.429. The predicted octanol–water partition coefficient (Wildman–Crippen LogP) is 0.520. The third kappa shape index (κ3) is 1.49. The number of rotatable bonds is 3. The van der Waals surface area contributed by atoms with Gasteiger partial charge in [0.1, 0.15) is 0 Å². The average Bonchev–Trinajstić information content (AvgIpc) is 2.61. The Morgan fingerprint density at radius 2 is 2.14 bits per heavy atom. The first kappa shape index (κ1) is 8.82. The zero-order valence-electron chi connectivity index (χ0n) is 7.34. The highest BCUT2D eigenvalue weighted by Gasteiger charge is 2.25. The van der Waals surface area contributed by atoms with Gasteiger partial charge in [-0.3, -0.25) is 0 Å². The molecule has 0 aromatic rings. The van der Waals surface area contributed by atoms with Crippen LogP contribution < -0.4 is 5.73 Å². The number of fused-ring (bicyclic) bond motifs is 1. The topological polar surface area (TPSA) is 105 Å². The molecule has 2 aliphatic heterocycles. The number of carbonyl (C=O) groups is 1. The van der Waals surface area contributed by atoms with Crippen LogP contribution in [0.1, 0.15) is 12.8 Å². The largest absolute Gasteiger partial charge is 0.369 e. The summed E-state index contributed by atoms with van der Waals surface area (Å²) < 4.78 is 0. The molecule has 0 spiro atoms. The van der Waals surface area contributed by atoms with Gasteiger partial charge < -0.3 is 5.73 Å². The molecule has 0 aromatic carbocycles. The van der Waals surface area contributed by atoms with Crippen molar-refractivity contribution in [2.45, 2.75) is 12.8 Å². The molecule has 0 radical (unpaired) electrons. The number of nitrogens with two attached hydrogens (primary N) is 1. The minimum absolute atomic E-state index is 0.261. The molecule has 0 saturated heterocycles. The molecule has 72 valence electrons. The van der Waals surface area contributed by atoms with Crippen molar-refractivity contribution in [3.8, 4) is 0 Å². The van der Waals surface area contributed by atoms with E-state index in [1.54, 1.807) is 0 Å². The number of nitrogens with zero attached hydrogens (tertiary/aromatic N) is 5. The summed E-state index contributed by atoms with van der Waals surface area (Å²) in [5, 5.41) is 10.8. The lowest BCUT2D eigenvalue weighted by Gasteiger charge is -2.06. The van der Waals surface area contributed by atoms with Gasteiger partial charge in [-0.15, -0.1) is 10.2 Å². The lowest BCUT2D eigenvalue weighted by molar-refractivity contribution is 0.257. The summed E-state index contributed by atoms with van der Waals surface area (Å²) in [4.78, 5) is 18.3. The molecule has 14 heavy (non-hydrogen) atoms. The fourth-order valence-corrected chi connectivity index (χ4v) is 1.19. The summed E-state index contributed by atoms with van der Waals surface area (Å²) in [5.74, 6) is 0.261. The zero-order valence-corrected chi connectivity index (χ0v) is 7.34. The van der Waals surface area contributed by atoms with Gasteiger partial charge in [0.15, 0.2) is 5.71 Å². The first-order chi connectivity index (χ1) is 6.81. The molecule has 0 bridgehead atoms. The summed E-state index contributed by atoms with van der Waals surface area (Å²) in [5.41, 5.74) is 6.44. The number of amidine groups is 1. The van der Waals surface area contributed by atoms with Crippen LogP contribution in [0.25, 0.3) is 0 Å². The SMILES string of the molecule is NCCCC1=NC(=O)N=C2N=NN=C12. The lowest BCUT2D eigenvalue weighted by Crippen LogP contribution is -2.26. The van der Waals surface area contributed by atoms with E-state index in [-0.39, 0.29) is 5.84 Å². The molecule has 0 aliphatic carbocycles. The molecule has 0 aromatic heterocycles. The van der Waals surface area contributed by atoms with Crippen molar-refractivity contribution in [3.05, 3.63) is 0 Å². The molecule has 0 unspecified atom stereocenters. The Bertz CT molecular complexity index is 391. The van der Waals surface area contributed by atoms with E-state index in [9.17, 15) is 4.79 Å². The molecule has 7 heteroatoms. The fourth-order valence-electron chi connectivity index (χ4n) is 1.19. The maximum absolute atomic E-state index is 11.0. The van der Waals surface area contributed by atoms with Gasteiger partial charge in [0.25, 0.3) is 0 Å². The molecule has 2 amide bonds. The summed E-state index contributed by atoms with van der Waals surface area (Å²) in [6.07, 6.45) is 1.35. The Labute approximate surface area is 79.5 Å². The molecular weight excluding hydrogens is 184 g/mol. The van der Waals surface area contributed by atoms with Crippen molar-refractivity contribution in [2.24, 2.45) is 31.2 Å². The van der Waals surface area contributed by atoms with Crippen molar-refractivity contribution < 1.29 is 4.79 Å². The van der Waals surface area contributed by atoms with Crippen molar-refractivity contribution in [1.82, 2.24) is 0 Å². The molecule has 0 fully saturated rings. The van der Waals surface area contributed by atoms with Gasteiger partial charge in [-0.05, 0) is 24.6 Å². The molecule has 2 aliphatic rings. The lowest BCUT2D eigenvalue weighted by atomic mass is 10.1. The Balaban J connectivity index is 2.21. The van der Waals surface area contributed by atoms with Gasteiger partial charge in [-0.25, -0.2) is 4.79 Å². The van der Waals surface area contributed by atoms with Crippen molar-refractivity contribution in [3.63, 3.8) is 0 Å². The van der Waals surface area contributed by atoms with E-state index in [0.717, 1.165) is 6.42 Å². The van der Waals surface area contributed by atoms with Crippen LogP contribution in [0.5, 0.6) is 0 Å². The number of aliphatic imine (C=N–C) groups is 2. The van der Waals surface area contributed by atoms with Crippen LogP contribution in [-0.4, -0.2) is 29.8 Å². The Morgan fingerprint density at radius 1 is 1.29 bits per heavy atom. The maximum Gasteiger partial charge on any atom is 0.369 e. The summed E-state index contributed by atoms with van der Waals surface area (Å²) in [6, 6.07) is -0.549. The van der Waals surface area contributed by atoms with E-state index < -0.39 is 6.03 Å². The first-order valence-corrected chi connectivity index (χ1v) is 4.21. The van der Waals surface area contributed by atoms with Gasteiger partial charge in [-0.2, -0.15) is 9.98 Å². The van der Waals surface area contributed by atoms with Crippen LogP contribution in [0.2, 0.25) is 0 Å². The van der Waals surface area contributed by atoms with Crippen LogP contribution in [0.15, 0.2) is 25.4 Å². The van der Waals surface area contributed by atoms with Gasteiger partial charge in [-0.1, -0.05) is 0 Å². The smallest absolute Gasteiger partial charge is 0.330 e. The van der Waals surface area contributed by atoms with Gasteiger partial charge in [0.2, 0.25) is 5.84 Å². The van der Waals surface area contributed by atoms with Crippen LogP contribution >= 0.6 is 0 Å². The van der Waals surface area contributed by atoms with Gasteiger partial charge in [0.05, 0.1) is 5.71 Å². The summed E-state index contributed by atoms with van der Waals surface area (Å²) in [6.45, 7) is 0.543. The Kier molecular flexibility index (Phi) is 2.23. The molecular formula is C7H8N6O. The van der Waals surface area contributed by atoms with Crippen LogP contribution in [-0.2, 0) is 0 Å². The first-order valence-electron chi connectivity index (χ1n) is 4.21. The second kappa shape index (κ2) is 3.54. The molecule has 2 heterocycles. The number of hydrogen-bond acceptors (Lipinski definition) is 5. The molecule has 2 rings (SSSR count). The molecule has 2 N–H and O–H groups in total. The summed E-state index contributed by atoms with van der Waals surface area (Å²) >= 11 is 0. The van der Waals surface area contributed by atoms with E-state index in [2.05, 4.69) is 25.4 Å². The predicted molar refractivity (Wildman–Crippen MR) is 50.8 cm³/mol. The van der Waals surface area contributed by atoms with E-state index in [1.807, 2.05) is 0 Å². The normalized spacial score (nSPS) is 18.9. The van der Waals surface area contributed by atoms with E-state index >= 15 is 0 Å². The van der Waals surface area contributed by atoms with Crippen LogP contribution in [0.3, 0.4) is 0 Å². The molecule has 0 saturated carbocycles. The van der Waals surface area contributed by atoms with E-state index in [1.165, 1.54) is 0 Å². The monoisotopic (exact) mass is 192 g/mol. The zero-order chi connectivity index (χ0) is 9.97. The maximum atomic E-state index is 11.0. The van der Waals surface area contributed by atoms with Gasteiger partial charge >= 0.3 is 6.03 Å². The van der Waals surface area contributed by atoms with Crippen molar-refractivity contribution >= 4 is 23.3 Å². The second-order valence-electron chi connectivity index (χ2n) is 2.81. The standard InChI is InChI=1S/C7H8N6O/c8-3-1-2-4-5-6(12-13-11-5)10-7(14)9-4/h1-3,8H2. The van der Waals surface area contributed by atoms with Crippen molar-refractivity contribution in [1.29, 1.82) is 0 Å². The van der Waals surface area contributed by atoms with Crippen LogP contribution in [0.4, 0.5) is 4.79 Å². The number of urea groups is 1. The number of carbonyl (C=O) groups excluding carboxylic acids is 1. The molecule has 7 nitrogen and oxygen atoms in total. The van der Waals surface area contributed by atoms with E-state index in [0.29, 0.717) is 24.4 Å². The molecule has 0 atom stereocenters. The number of amides is 2. The minimum Gasteiger partial charge on any atom is -0.330 e. The van der Waals surface area contributed by atoms with Crippen molar-refractivity contribution in [2.75, 3.05) is 6.54 Å². The van der Waals surface area contributed by atoms with Gasteiger partial charge in [0, 0.05) is 0 Å². The minimum atomic E-state index is -0.549. The second-order valence-corrected chi connectivity index (χ2v) is 2.81. The Hall–Kier alpha value is -1.76. The average molecular weight is 192 g/mol. The number of hydrogen-bond donors (Lipinski definition) is 1. The Morgan fingerprint density at radius 3 is 2.93 bits per heavy atom. The van der Waals surface area contributed by atoms with E-state index in [4.69, 9.17) is 5.73 Å². The third-order valence-electron chi connectivity index (χ3n) is 1.82.